The Balaban J connectivity index is 2.74. The fraction of sp³-hybridized carbons (Fsp3) is 0.455. The molecule has 1 aromatic carbocycles. The van der Waals surface area contributed by atoms with Gasteiger partial charge in [-0.1, -0.05) is 0 Å². The maximum absolute atomic E-state index is 12.7. The molecule has 1 rings (SSSR count). The zero-order valence-corrected chi connectivity index (χ0v) is 12.0. The second-order valence-electron chi connectivity index (χ2n) is 3.37. The minimum Gasteiger partial charge on any atom is -0.611 e. The average Bonchev–Trinajstić information content (AvgIpc) is 2.30. The lowest BCUT2D eigenvalue weighted by atomic mass is 10.4. The van der Waals surface area contributed by atoms with Gasteiger partial charge in [0.2, 0.25) is 5.49 Å². The van der Waals surface area contributed by atoms with Crippen LogP contribution in [-0.2, 0) is 24.8 Å². The molecule has 0 bridgehead atoms. The Morgan fingerprint density at radius 3 is 2.17 bits per heavy atom. The summed E-state index contributed by atoms with van der Waals surface area (Å²) in [6.07, 6.45) is 0. The van der Waals surface area contributed by atoms with Crippen LogP contribution in [-0.4, -0.2) is 23.3 Å². The van der Waals surface area contributed by atoms with Gasteiger partial charge in [-0.25, -0.2) is 4.39 Å². The van der Waals surface area contributed by atoms with Crippen molar-refractivity contribution in [1.29, 1.82) is 0 Å². The third-order valence-electron chi connectivity index (χ3n) is 2.00. The molecule has 1 aromatic rings. The molecule has 0 amide bonds. The summed E-state index contributed by atoms with van der Waals surface area (Å²) in [7, 11) is -3.35. The molecule has 1 atom stereocenters. The summed E-state index contributed by atoms with van der Waals surface area (Å²) in [6.45, 7) is 3.81. The lowest BCUT2D eigenvalue weighted by Gasteiger charge is -2.18. The first-order valence-electron chi connectivity index (χ1n) is 5.53. The number of rotatable bonds is 7. The van der Waals surface area contributed by atoms with E-state index in [2.05, 4.69) is 0 Å². The molecule has 0 N–H and O–H groups in total. The minimum absolute atomic E-state index is 0.220. The average molecular weight is 294 g/mol. The molecule has 0 fully saturated rings. The third kappa shape index (κ3) is 4.71. The summed E-state index contributed by atoms with van der Waals surface area (Å²) in [5.41, 5.74) is -0.222. The molecule has 7 heteroatoms. The molecule has 102 valence electrons. The van der Waals surface area contributed by atoms with Crippen molar-refractivity contribution in [3.63, 3.8) is 0 Å². The van der Waals surface area contributed by atoms with Gasteiger partial charge in [-0.3, -0.25) is 4.57 Å². The van der Waals surface area contributed by atoms with Crippen LogP contribution in [0.4, 0.5) is 4.39 Å². The maximum Gasteiger partial charge on any atom is 0.379 e. The first-order chi connectivity index (χ1) is 8.50. The van der Waals surface area contributed by atoms with Gasteiger partial charge in [0.05, 0.1) is 13.2 Å². The Morgan fingerprint density at radius 1 is 1.22 bits per heavy atom. The first-order valence-corrected chi connectivity index (χ1v) is 8.57. The van der Waals surface area contributed by atoms with Crippen LogP contribution in [0.3, 0.4) is 0 Å². The van der Waals surface area contributed by atoms with Crippen LogP contribution in [0.25, 0.3) is 0 Å². The number of hydrogen-bond donors (Lipinski definition) is 0. The summed E-state index contributed by atoms with van der Waals surface area (Å²) in [6, 6.07) is 5.21. The van der Waals surface area contributed by atoms with Crippen LogP contribution < -0.4 is 0 Å². The molecule has 0 radical (unpaired) electrons. The van der Waals surface area contributed by atoms with Crippen LogP contribution in [0.1, 0.15) is 13.8 Å². The zero-order valence-electron chi connectivity index (χ0n) is 10.3. The van der Waals surface area contributed by atoms with Gasteiger partial charge < -0.3 is 13.6 Å². The van der Waals surface area contributed by atoms with Crippen molar-refractivity contribution in [2.24, 2.45) is 0 Å². The van der Waals surface area contributed by atoms with Crippen molar-refractivity contribution in [1.82, 2.24) is 0 Å². The molecular weight excluding hydrogens is 278 g/mol. The molecule has 0 heterocycles. The highest BCUT2D eigenvalue weighted by Gasteiger charge is 2.31. The highest BCUT2D eigenvalue weighted by atomic mass is 32.2. The van der Waals surface area contributed by atoms with Gasteiger partial charge in [-0.05, 0) is 49.3 Å². The topological polar surface area (TPSA) is 58.6 Å². The fourth-order valence-electron chi connectivity index (χ4n) is 1.31. The molecule has 0 aliphatic carbocycles. The van der Waals surface area contributed by atoms with E-state index in [1.54, 1.807) is 13.8 Å². The summed E-state index contributed by atoms with van der Waals surface area (Å²) in [5.74, 6) is -0.409. The molecule has 0 aliphatic rings. The Bertz CT molecular complexity index is 402. The SMILES string of the molecule is CCOP(=O)(C[S+]([O-])c1ccc(F)cc1)OCC. The highest BCUT2D eigenvalue weighted by molar-refractivity contribution is 7.97. The van der Waals surface area contributed by atoms with Gasteiger partial charge in [-0.2, -0.15) is 0 Å². The van der Waals surface area contributed by atoms with Gasteiger partial charge in [0.25, 0.3) is 0 Å². The standard InChI is InChI=1S/C11H16FO4PS/c1-3-15-17(13,16-4-2)9-18(14)11-7-5-10(12)6-8-11/h5-8H,3-4,9H2,1-2H3. The van der Waals surface area contributed by atoms with Crippen molar-refractivity contribution in [3.8, 4) is 0 Å². The fourth-order valence-corrected chi connectivity index (χ4v) is 4.95. The van der Waals surface area contributed by atoms with E-state index < -0.39 is 24.6 Å². The third-order valence-corrected chi connectivity index (χ3v) is 6.31. The molecule has 0 saturated heterocycles. The zero-order chi connectivity index (χ0) is 13.6. The van der Waals surface area contributed by atoms with Crippen molar-refractivity contribution in [3.05, 3.63) is 30.1 Å². The first kappa shape index (κ1) is 15.7. The maximum atomic E-state index is 12.7. The molecule has 0 spiro atoms. The predicted octanol–water partition coefficient (Wildman–Crippen LogP) is 3.16. The lowest BCUT2D eigenvalue weighted by molar-refractivity contribution is 0.223. The van der Waals surface area contributed by atoms with Crippen LogP contribution in [0, 0.1) is 5.82 Å². The van der Waals surface area contributed by atoms with E-state index in [4.69, 9.17) is 9.05 Å². The molecule has 0 saturated carbocycles. The van der Waals surface area contributed by atoms with Crippen molar-refractivity contribution >= 4 is 18.8 Å². The van der Waals surface area contributed by atoms with Gasteiger partial charge >= 0.3 is 7.60 Å². The largest absolute Gasteiger partial charge is 0.611 e. The Morgan fingerprint density at radius 2 is 1.72 bits per heavy atom. The minimum atomic E-state index is -3.35. The van der Waals surface area contributed by atoms with Crippen LogP contribution in [0.15, 0.2) is 29.2 Å². The number of halogens is 1. The summed E-state index contributed by atoms with van der Waals surface area (Å²) in [4.78, 5) is 0.399. The van der Waals surface area contributed by atoms with Gasteiger partial charge in [0, 0.05) is 0 Å². The second-order valence-corrected chi connectivity index (χ2v) is 7.31. The Kier molecular flexibility index (Phi) is 6.32. The van der Waals surface area contributed by atoms with E-state index in [1.807, 2.05) is 0 Å². The number of benzene rings is 1. The van der Waals surface area contributed by atoms with E-state index in [0.717, 1.165) is 0 Å². The summed E-state index contributed by atoms with van der Waals surface area (Å²) >= 11 is -1.54. The number of hydrogen-bond acceptors (Lipinski definition) is 4. The van der Waals surface area contributed by atoms with E-state index in [0.29, 0.717) is 4.90 Å². The Labute approximate surface area is 109 Å². The highest BCUT2D eigenvalue weighted by Crippen LogP contribution is 2.50. The van der Waals surface area contributed by atoms with Crippen molar-refractivity contribution in [2.45, 2.75) is 18.7 Å². The monoisotopic (exact) mass is 294 g/mol. The smallest absolute Gasteiger partial charge is 0.379 e. The molecule has 0 aliphatic heterocycles. The van der Waals surface area contributed by atoms with Crippen LogP contribution in [0.2, 0.25) is 0 Å². The second kappa shape index (κ2) is 7.26. The van der Waals surface area contributed by atoms with E-state index >= 15 is 0 Å². The molecule has 18 heavy (non-hydrogen) atoms. The summed E-state index contributed by atoms with van der Waals surface area (Å²) in [5, 5.41) is 0. The predicted molar refractivity (Wildman–Crippen MR) is 68.5 cm³/mol. The lowest BCUT2D eigenvalue weighted by Crippen LogP contribution is -2.11. The van der Waals surface area contributed by atoms with E-state index in [-0.39, 0.29) is 18.7 Å². The summed E-state index contributed by atoms with van der Waals surface area (Å²) < 4.78 is 47.0. The molecule has 4 nitrogen and oxygen atoms in total. The van der Waals surface area contributed by atoms with E-state index in [1.165, 1.54) is 24.3 Å². The van der Waals surface area contributed by atoms with Crippen molar-refractivity contribution in [2.75, 3.05) is 18.7 Å². The van der Waals surface area contributed by atoms with Crippen LogP contribution >= 0.6 is 7.60 Å². The van der Waals surface area contributed by atoms with Crippen molar-refractivity contribution < 1.29 is 22.6 Å². The van der Waals surface area contributed by atoms with Gasteiger partial charge in [0.1, 0.15) is 5.82 Å². The molecule has 1 unspecified atom stereocenters. The van der Waals surface area contributed by atoms with Crippen LogP contribution in [0.5, 0.6) is 0 Å². The molecule has 0 aromatic heterocycles. The van der Waals surface area contributed by atoms with E-state index in [9.17, 15) is 13.5 Å². The van der Waals surface area contributed by atoms with Gasteiger partial charge in [0.15, 0.2) is 4.90 Å². The molecular formula is C11H16FO4PS. The normalized spacial score (nSPS) is 13.6. The van der Waals surface area contributed by atoms with Gasteiger partial charge in [-0.15, -0.1) is 0 Å². The Hall–Kier alpha value is -0.390. The quantitative estimate of drug-likeness (QED) is 0.572.